The number of methoxy groups -OCH3 is 2. The average Bonchev–Trinajstić information content (AvgIpc) is 3.42. The molecule has 1 aliphatic rings. The van der Waals surface area contributed by atoms with Crippen LogP contribution in [-0.4, -0.2) is 70.6 Å². The van der Waals surface area contributed by atoms with Crippen molar-refractivity contribution in [2.45, 2.75) is 30.7 Å². The van der Waals surface area contributed by atoms with Gasteiger partial charge in [0, 0.05) is 36.7 Å². The minimum atomic E-state index is -3.94. The Hall–Kier alpha value is -2.63. The summed E-state index contributed by atoms with van der Waals surface area (Å²) in [7, 11) is -0.858. The Labute approximate surface area is 239 Å². The molecule has 1 aromatic heterocycles. The van der Waals surface area contributed by atoms with Crippen LogP contribution in [-0.2, 0) is 26.0 Å². The van der Waals surface area contributed by atoms with E-state index in [0.717, 1.165) is 11.1 Å². The third-order valence-corrected chi connectivity index (χ3v) is 10.00. The van der Waals surface area contributed by atoms with Crippen molar-refractivity contribution in [2.75, 3.05) is 47.1 Å². The topological polar surface area (TPSA) is 85.4 Å². The molecule has 1 aliphatic heterocycles. The van der Waals surface area contributed by atoms with Crippen molar-refractivity contribution in [2.24, 2.45) is 0 Å². The molecule has 2 aromatic carbocycles. The lowest BCUT2D eigenvalue weighted by molar-refractivity contribution is -0.135. The van der Waals surface area contributed by atoms with Gasteiger partial charge in [-0.25, -0.2) is 8.42 Å². The number of sulfonamides is 1. The highest BCUT2D eigenvalue weighted by Gasteiger charge is 2.35. The SMILES string of the molecule is COCCCN(CC(=O)N1CCc2sccc2C1COc1ccc(Cl)c(C)c1)S(=O)(=O)c1ccc(OC)cc1. The number of amides is 1. The molecule has 2 heterocycles. The predicted octanol–water partition coefficient (Wildman–Crippen LogP) is 4.95. The van der Waals surface area contributed by atoms with Gasteiger partial charge in [-0.1, -0.05) is 11.6 Å². The van der Waals surface area contributed by atoms with Gasteiger partial charge in [0.25, 0.3) is 0 Å². The smallest absolute Gasteiger partial charge is 0.243 e. The highest BCUT2D eigenvalue weighted by molar-refractivity contribution is 7.89. The van der Waals surface area contributed by atoms with E-state index in [1.807, 2.05) is 24.4 Å². The van der Waals surface area contributed by atoms with Crippen LogP contribution in [0.15, 0.2) is 58.8 Å². The third kappa shape index (κ3) is 6.93. The fourth-order valence-electron chi connectivity index (χ4n) is 4.56. The fourth-order valence-corrected chi connectivity index (χ4v) is 7.04. The van der Waals surface area contributed by atoms with Crippen molar-refractivity contribution in [1.29, 1.82) is 0 Å². The van der Waals surface area contributed by atoms with Crippen LogP contribution in [0, 0.1) is 6.92 Å². The van der Waals surface area contributed by atoms with E-state index in [-0.39, 0.29) is 36.5 Å². The quantitative estimate of drug-likeness (QED) is 0.277. The molecule has 0 bridgehead atoms. The van der Waals surface area contributed by atoms with Crippen LogP contribution in [0.5, 0.6) is 11.5 Å². The van der Waals surface area contributed by atoms with Crippen molar-refractivity contribution in [3.63, 3.8) is 0 Å². The number of nitrogens with zero attached hydrogens (tertiary/aromatic N) is 2. The minimum Gasteiger partial charge on any atom is -0.497 e. The Balaban J connectivity index is 1.56. The van der Waals surface area contributed by atoms with E-state index in [2.05, 4.69) is 0 Å². The van der Waals surface area contributed by atoms with Crippen LogP contribution in [0.3, 0.4) is 0 Å². The highest BCUT2D eigenvalue weighted by atomic mass is 35.5. The van der Waals surface area contributed by atoms with E-state index >= 15 is 0 Å². The number of carbonyl (C=O) groups is 1. The molecule has 210 valence electrons. The number of hydrogen-bond donors (Lipinski definition) is 0. The van der Waals surface area contributed by atoms with Crippen LogP contribution in [0.4, 0.5) is 0 Å². The first-order valence-corrected chi connectivity index (χ1v) is 15.3. The summed E-state index contributed by atoms with van der Waals surface area (Å²) in [5.74, 6) is 0.937. The van der Waals surface area contributed by atoms with E-state index < -0.39 is 10.0 Å². The number of halogens is 1. The van der Waals surface area contributed by atoms with Gasteiger partial charge < -0.3 is 19.1 Å². The van der Waals surface area contributed by atoms with Gasteiger partial charge >= 0.3 is 0 Å². The molecule has 0 aliphatic carbocycles. The van der Waals surface area contributed by atoms with E-state index in [9.17, 15) is 13.2 Å². The highest BCUT2D eigenvalue weighted by Crippen LogP contribution is 2.34. The van der Waals surface area contributed by atoms with E-state index in [1.54, 1.807) is 47.6 Å². The zero-order chi connectivity index (χ0) is 28.0. The first-order chi connectivity index (χ1) is 18.7. The molecule has 1 unspecified atom stereocenters. The van der Waals surface area contributed by atoms with Gasteiger partial charge in [0.1, 0.15) is 18.1 Å². The van der Waals surface area contributed by atoms with E-state index in [0.29, 0.717) is 42.5 Å². The standard InChI is InChI=1S/C28H33ClN2O6S2/c1-20-17-22(7-10-25(20)29)37-19-26-24-12-16-38-27(24)11-14-31(26)28(32)18-30(13-4-15-35-2)39(33,34)23-8-5-21(36-3)6-9-23/h5-10,12,16-17,26H,4,11,13-15,18-19H2,1-3H3. The van der Waals surface area contributed by atoms with Crippen molar-refractivity contribution >= 4 is 38.9 Å². The van der Waals surface area contributed by atoms with Gasteiger partial charge in [0.2, 0.25) is 15.9 Å². The number of fused-ring (bicyclic) bond motifs is 1. The fraction of sp³-hybridized carbons (Fsp3) is 0.393. The summed E-state index contributed by atoms with van der Waals surface area (Å²) in [6, 6.07) is 13.3. The predicted molar refractivity (Wildman–Crippen MR) is 152 cm³/mol. The molecule has 1 amide bonds. The molecular weight excluding hydrogens is 560 g/mol. The summed E-state index contributed by atoms with van der Waals surface area (Å²) in [5, 5.41) is 2.67. The van der Waals surface area contributed by atoms with Crippen molar-refractivity contribution < 1.29 is 27.4 Å². The molecule has 3 aromatic rings. The second kappa shape index (κ2) is 13.1. The van der Waals surface area contributed by atoms with Crippen molar-refractivity contribution in [3.05, 3.63) is 74.9 Å². The van der Waals surface area contributed by atoms with Gasteiger partial charge in [0.05, 0.1) is 24.6 Å². The molecule has 1 atom stereocenters. The van der Waals surface area contributed by atoms with E-state index in [4.69, 9.17) is 25.8 Å². The largest absolute Gasteiger partial charge is 0.497 e. The first-order valence-electron chi connectivity index (χ1n) is 12.6. The number of rotatable bonds is 12. The average molecular weight is 593 g/mol. The Morgan fingerprint density at radius 2 is 1.87 bits per heavy atom. The Bertz CT molecular complexity index is 1380. The van der Waals surface area contributed by atoms with E-state index in [1.165, 1.54) is 28.4 Å². The third-order valence-electron chi connectivity index (χ3n) is 6.72. The molecule has 0 spiro atoms. The van der Waals surface area contributed by atoms with Gasteiger partial charge in [0.15, 0.2) is 0 Å². The summed E-state index contributed by atoms with van der Waals surface area (Å²) in [5.41, 5.74) is 1.94. The molecule has 4 rings (SSSR count). The number of thiophene rings is 1. The Morgan fingerprint density at radius 1 is 1.13 bits per heavy atom. The monoisotopic (exact) mass is 592 g/mol. The van der Waals surface area contributed by atoms with Gasteiger partial charge in [-0.05, 0) is 84.8 Å². The lowest BCUT2D eigenvalue weighted by Gasteiger charge is -2.37. The molecule has 0 saturated heterocycles. The zero-order valence-corrected chi connectivity index (χ0v) is 24.7. The van der Waals surface area contributed by atoms with Crippen molar-refractivity contribution in [3.8, 4) is 11.5 Å². The molecular formula is C28H33ClN2O6S2. The zero-order valence-electron chi connectivity index (χ0n) is 22.3. The maximum atomic E-state index is 13.8. The Kier molecular flexibility index (Phi) is 9.90. The summed E-state index contributed by atoms with van der Waals surface area (Å²) in [6.45, 7) is 2.87. The first kappa shape index (κ1) is 29.4. The maximum Gasteiger partial charge on any atom is 0.243 e. The van der Waals surface area contributed by atoms with Crippen LogP contribution in [0.2, 0.25) is 5.02 Å². The van der Waals surface area contributed by atoms with Crippen LogP contribution in [0.25, 0.3) is 0 Å². The number of ether oxygens (including phenoxy) is 3. The van der Waals surface area contributed by atoms with Crippen LogP contribution < -0.4 is 9.47 Å². The summed E-state index contributed by atoms with van der Waals surface area (Å²) < 4.78 is 44.8. The molecule has 0 saturated carbocycles. The lowest BCUT2D eigenvalue weighted by atomic mass is 10.0. The second-order valence-electron chi connectivity index (χ2n) is 9.23. The Morgan fingerprint density at radius 3 is 2.56 bits per heavy atom. The number of hydrogen-bond acceptors (Lipinski definition) is 7. The van der Waals surface area contributed by atoms with Crippen molar-refractivity contribution in [1.82, 2.24) is 9.21 Å². The molecule has 11 heteroatoms. The lowest BCUT2D eigenvalue weighted by Crippen LogP contribution is -2.48. The maximum absolute atomic E-state index is 13.8. The second-order valence-corrected chi connectivity index (χ2v) is 12.6. The van der Waals surface area contributed by atoms with Crippen LogP contribution in [0.1, 0.15) is 28.5 Å². The molecule has 0 N–H and O–H groups in total. The number of benzene rings is 2. The van der Waals surface area contributed by atoms with Gasteiger partial charge in [-0.3, -0.25) is 4.79 Å². The van der Waals surface area contributed by atoms with Crippen LogP contribution >= 0.6 is 22.9 Å². The summed E-state index contributed by atoms with van der Waals surface area (Å²) in [4.78, 5) is 16.8. The molecule has 0 fully saturated rings. The minimum absolute atomic E-state index is 0.102. The summed E-state index contributed by atoms with van der Waals surface area (Å²) >= 11 is 7.82. The number of aryl methyl sites for hydroxylation is 1. The molecule has 39 heavy (non-hydrogen) atoms. The molecule has 8 nitrogen and oxygen atoms in total. The summed E-state index contributed by atoms with van der Waals surface area (Å²) in [6.07, 6.45) is 1.17. The van der Waals surface area contributed by atoms with Gasteiger partial charge in [-0.2, -0.15) is 4.31 Å². The molecule has 0 radical (unpaired) electrons. The number of carbonyl (C=O) groups excluding carboxylic acids is 1. The normalized spacial score (nSPS) is 15.3. The van der Waals surface area contributed by atoms with Gasteiger partial charge in [-0.15, -0.1) is 11.3 Å².